The lowest BCUT2D eigenvalue weighted by Crippen LogP contribution is -1.89. The minimum absolute atomic E-state index is 0.0950. The minimum atomic E-state index is -0.0950. The Morgan fingerprint density at radius 3 is 2.61 bits per heavy atom. The van der Waals surface area contributed by atoms with Crippen molar-refractivity contribution in [3.05, 3.63) is 54.4 Å². The smallest absolute Gasteiger partial charge is 0.0953 e. The molecule has 0 nitrogen and oxygen atoms in total. The molecular formula is C13H7Br2ClS2. The van der Waals surface area contributed by atoms with E-state index in [9.17, 15) is 0 Å². The Morgan fingerprint density at radius 1 is 1.06 bits per heavy atom. The van der Waals surface area contributed by atoms with Crippen molar-refractivity contribution in [1.82, 2.24) is 0 Å². The Kier molecular flexibility index (Phi) is 3.83. The summed E-state index contributed by atoms with van der Waals surface area (Å²) in [6.07, 6.45) is 0. The molecule has 5 heteroatoms. The van der Waals surface area contributed by atoms with Crippen LogP contribution >= 0.6 is 66.1 Å². The van der Waals surface area contributed by atoms with Crippen LogP contribution in [0, 0.1) is 0 Å². The van der Waals surface area contributed by atoms with Crippen LogP contribution in [0.2, 0.25) is 0 Å². The van der Waals surface area contributed by atoms with Gasteiger partial charge in [0.05, 0.1) is 5.38 Å². The zero-order valence-electron chi connectivity index (χ0n) is 8.99. The number of alkyl halides is 1. The van der Waals surface area contributed by atoms with E-state index in [1.165, 1.54) is 15.6 Å². The SMILES string of the molecule is ClC(c1sccc1Br)c1csc2c(Br)cccc12. The van der Waals surface area contributed by atoms with Crippen LogP contribution < -0.4 is 0 Å². The number of halogens is 3. The lowest BCUT2D eigenvalue weighted by molar-refractivity contribution is 1.21. The Balaban J connectivity index is 2.16. The van der Waals surface area contributed by atoms with Gasteiger partial charge in [-0.3, -0.25) is 0 Å². The summed E-state index contributed by atoms with van der Waals surface area (Å²) in [5.74, 6) is 0. The van der Waals surface area contributed by atoms with Gasteiger partial charge in [0, 0.05) is 18.5 Å². The Hall–Kier alpha value is 0.130. The van der Waals surface area contributed by atoms with Crippen LogP contribution in [-0.4, -0.2) is 0 Å². The predicted molar refractivity (Wildman–Crippen MR) is 89.2 cm³/mol. The third kappa shape index (κ3) is 2.18. The lowest BCUT2D eigenvalue weighted by Gasteiger charge is -2.07. The van der Waals surface area contributed by atoms with E-state index in [0.29, 0.717) is 0 Å². The van der Waals surface area contributed by atoms with Crippen molar-refractivity contribution in [2.75, 3.05) is 0 Å². The first-order valence-corrected chi connectivity index (χ1v) is 8.99. The molecule has 0 saturated heterocycles. The van der Waals surface area contributed by atoms with E-state index in [0.717, 1.165) is 13.8 Å². The molecular weight excluding hydrogens is 416 g/mol. The fraction of sp³-hybridized carbons (Fsp3) is 0.0769. The van der Waals surface area contributed by atoms with Gasteiger partial charge >= 0.3 is 0 Å². The van der Waals surface area contributed by atoms with Crippen LogP contribution in [0.25, 0.3) is 10.1 Å². The van der Waals surface area contributed by atoms with Crippen molar-refractivity contribution >= 4 is 76.2 Å². The predicted octanol–water partition coefficient (Wildman–Crippen LogP) is 6.82. The molecule has 1 atom stereocenters. The van der Waals surface area contributed by atoms with Crippen LogP contribution in [0.1, 0.15) is 15.8 Å². The van der Waals surface area contributed by atoms with E-state index in [1.54, 1.807) is 22.7 Å². The molecule has 18 heavy (non-hydrogen) atoms. The van der Waals surface area contributed by atoms with Gasteiger partial charge in [-0.2, -0.15) is 0 Å². The summed E-state index contributed by atoms with van der Waals surface area (Å²) in [6.45, 7) is 0. The van der Waals surface area contributed by atoms with Gasteiger partial charge in [-0.1, -0.05) is 12.1 Å². The van der Waals surface area contributed by atoms with Crippen LogP contribution in [0.3, 0.4) is 0 Å². The molecule has 3 aromatic rings. The largest absolute Gasteiger partial charge is 0.146 e. The first-order valence-electron chi connectivity index (χ1n) is 5.21. The van der Waals surface area contributed by atoms with Gasteiger partial charge in [0.2, 0.25) is 0 Å². The maximum absolute atomic E-state index is 6.62. The molecule has 0 amide bonds. The van der Waals surface area contributed by atoms with Gasteiger partial charge in [-0.25, -0.2) is 0 Å². The Morgan fingerprint density at radius 2 is 1.89 bits per heavy atom. The second kappa shape index (κ2) is 5.25. The zero-order chi connectivity index (χ0) is 12.7. The molecule has 1 unspecified atom stereocenters. The summed E-state index contributed by atoms with van der Waals surface area (Å²) < 4.78 is 3.47. The standard InChI is InChI=1S/C13H7Br2ClS2/c14-9-3-1-2-7-8(6-18-12(7)9)11(16)13-10(15)4-5-17-13/h1-6,11H. The number of fused-ring (bicyclic) bond motifs is 1. The van der Waals surface area contributed by atoms with Crippen LogP contribution in [0.5, 0.6) is 0 Å². The molecule has 0 aliphatic rings. The van der Waals surface area contributed by atoms with E-state index in [-0.39, 0.29) is 5.38 Å². The maximum atomic E-state index is 6.62. The van der Waals surface area contributed by atoms with Gasteiger partial charge in [0.15, 0.2) is 0 Å². The summed E-state index contributed by atoms with van der Waals surface area (Å²) >= 11 is 17.2. The van der Waals surface area contributed by atoms with E-state index in [2.05, 4.69) is 60.8 Å². The number of hydrogen-bond acceptors (Lipinski definition) is 2. The average Bonchev–Trinajstić information content (AvgIpc) is 2.95. The number of rotatable bonds is 2. The molecule has 2 aromatic heterocycles. The van der Waals surface area contributed by atoms with Crippen molar-refractivity contribution in [3.63, 3.8) is 0 Å². The van der Waals surface area contributed by atoms with Crippen LogP contribution in [0.4, 0.5) is 0 Å². The minimum Gasteiger partial charge on any atom is -0.146 e. The zero-order valence-corrected chi connectivity index (χ0v) is 14.6. The van der Waals surface area contributed by atoms with Gasteiger partial charge < -0.3 is 0 Å². The highest BCUT2D eigenvalue weighted by molar-refractivity contribution is 9.11. The van der Waals surface area contributed by atoms with Crippen molar-refractivity contribution in [1.29, 1.82) is 0 Å². The average molecular weight is 423 g/mol. The molecule has 0 N–H and O–H groups in total. The fourth-order valence-corrected chi connectivity index (χ4v) is 5.77. The van der Waals surface area contributed by atoms with Crippen molar-refractivity contribution < 1.29 is 0 Å². The monoisotopic (exact) mass is 420 g/mol. The number of hydrogen-bond donors (Lipinski definition) is 0. The normalized spacial score (nSPS) is 13.1. The molecule has 0 spiro atoms. The summed E-state index contributed by atoms with van der Waals surface area (Å²) in [5, 5.41) is 5.34. The van der Waals surface area contributed by atoms with Crippen LogP contribution in [0.15, 0.2) is 44.0 Å². The van der Waals surface area contributed by atoms with Crippen LogP contribution in [-0.2, 0) is 0 Å². The molecule has 0 fully saturated rings. The van der Waals surface area contributed by atoms with Gasteiger partial charge in [-0.15, -0.1) is 34.3 Å². The summed E-state index contributed by atoms with van der Waals surface area (Å²) in [5.41, 5.74) is 1.18. The molecule has 3 rings (SSSR count). The van der Waals surface area contributed by atoms with Crippen molar-refractivity contribution in [2.45, 2.75) is 5.38 Å². The summed E-state index contributed by atoms with van der Waals surface area (Å²) in [7, 11) is 0. The molecule has 0 aliphatic heterocycles. The number of thiophene rings is 2. The Bertz CT molecular complexity index is 702. The molecule has 0 saturated carbocycles. The second-order valence-corrected chi connectivity index (χ2v) is 7.78. The highest BCUT2D eigenvalue weighted by Gasteiger charge is 2.19. The van der Waals surface area contributed by atoms with E-state index < -0.39 is 0 Å². The highest BCUT2D eigenvalue weighted by atomic mass is 79.9. The molecule has 1 aromatic carbocycles. The third-order valence-electron chi connectivity index (χ3n) is 2.73. The van der Waals surface area contributed by atoms with Gasteiger partial charge in [0.1, 0.15) is 0 Å². The molecule has 2 heterocycles. The molecule has 0 radical (unpaired) electrons. The molecule has 0 bridgehead atoms. The second-order valence-electron chi connectivity index (χ2n) is 3.80. The van der Waals surface area contributed by atoms with E-state index in [1.807, 2.05) is 6.07 Å². The third-order valence-corrected chi connectivity index (χ3v) is 7.22. The molecule has 92 valence electrons. The van der Waals surface area contributed by atoms with Gasteiger partial charge in [0.25, 0.3) is 0 Å². The molecule has 0 aliphatic carbocycles. The first-order chi connectivity index (χ1) is 8.68. The summed E-state index contributed by atoms with van der Waals surface area (Å²) in [6, 6.07) is 8.28. The van der Waals surface area contributed by atoms with Crippen molar-refractivity contribution in [2.24, 2.45) is 0 Å². The lowest BCUT2D eigenvalue weighted by atomic mass is 10.1. The van der Waals surface area contributed by atoms with E-state index >= 15 is 0 Å². The highest BCUT2D eigenvalue weighted by Crippen LogP contribution is 2.43. The van der Waals surface area contributed by atoms with Crippen molar-refractivity contribution in [3.8, 4) is 0 Å². The fourth-order valence-electron chi connectivity index (χ4n) is 1.87. The van der Waals surface area contributed by atoms with E-state index in [4.69, 9.17) is 11.6 Å². The number of benzene rings is 1. The Labute approximate surface area is 135 Å². The van der Waals surface area contributed by atoms with Gasteiger partial charge in [-0.05, 0) is 65.7 Å². The topological polar surface area (TPSA) is 0 Å². The quantitative estimate of drug-likeness (QED) is 0.398. The maximum Gasteiger partial charge on any atom is 0.0953 e. The first kappa shape index (κ1) is 13.1. The summed E-state index contributed by atoms with van der Waals surface area (Å²) in [4.78, 5) is 1.16.